The highest BCUT2D eigenvalue weighted by atomic mass is 19.4. The minimum atomic E-state index is -4.42. The Morgan fingerprint density at radius 1 is 1.04 bits per heavy atom. The molecule has 1 heterocycles. The van der Waals surface area contributed by atoms with Gasteiger partial charge in [-0.25, -0.2) is 0 Å². The van der Waals surface area contributed by atoms with Crippen LogP contribution in [0.5, 0.6) is 11.5 Å². The summed E-state index contributed by atoms with van der Waals surface area (Å²) in [4.78, 5) is 4.09. The maximum Gasteiger partial charge on any atom is 0.416 e. The minimum Gasteiger partial charge on any atom is -0.493 e. The number of nitrogens with zero attached hydrogens (tertiary/aromatic N) is 1. The molecular formula is C17H14F3NO2. The van der Waals surface area contributed by atoms with E-state index in [4.69, 9.17) is 9.47 Å². The van der Waals surface area contributed by atoms with Crippen molar-refractivity contribution in [2.45, 2.75) is 12.7 Å². The van der Waals surface area contributed by atoms with E-state index in [1.165, 1.54) is 14.2 Å². The molecule has 120 valence electrons. The summed E-state index contributed by atoms with van der Waals surface area (Å²) in [5.41, 5.74) is 1.53. The molecule has 1 aliphatic rings. The monoisotopic (exact) mass is 321 g/mol. The molecule has 0 aliphatic carbocycles. The molecule has 0 fully saturated rings. The SMILES string of the molecule is COc1cccc(-c2cc(C(F)(F)F)cc3c2C=NC3)c1OC. The van der Waals surface area contributed by atoms with Crippen LogP contribution in [0, 0.1) is 0 Å². The van der Waals surface area contributed by atoms with Crippen molar-refractivity contribution in [3.8, 4) is 22.6 Å². The fourth-order valence-corrected chi connectivity index (χ4v) is 2.72. The van der Waals surface area contributed by atoms with Crippen LogP contribution in [-0.2, 0) is 12.7 Å². The van der Waals surface area contributed by atoms with Gasteiger partial charge in [-0.05, 0) is 29.3 Å². The minimum absolute atomic E-state index is 0.249. The molecule has 0 amide bonds. The van der Waals surface area contributed by atoms with E-state index >= 15 is 0 Å². The lowest BCUT2D eigenvalue weighted by molar-refractivity contribution is -0.137. The molecule has 0 atom stereocenters. The van der Waals surface area contributed by atoms with Crippen molar-refractivity contribution >= 4 is 6.21 Å². The zero-order valence-electron chi connectivity index (χ0n) is 12.6. The van der Waals surface area contributed by atoms with Crippen LogP contribution in [0.4, 0.5) is 13.2 Å². The summed E-state index contributed by atoms with van der Waals surface area (Å²) in [6.07, 6.45) is -2.82. The van der Waals surface area contributed by atoms with E-state index in [1.54, 1.807) is 24.4 Å². The van der Waals surface area contributed by atoms with Crippen LogP contribution >= 0.6 is 0 Å². The number of rotatable bonds is 3. The van der Waals surface area contributed by atoms with E-state index in [9.17, 15) is 13.2 Å². The summed E-state index contributed by atoms with van der Waals surface area (Å²) in [5.74, 6) is 0.864. The van der Waals surface area contributed by atoms with Gasteiger partial charge in [-0.1, -0.05) is 12.1 Å². The van der Waals surface area contributed by atoms with Gasteiger partial charge in [0.25, 0.3) is 0 Å². The van der Waals surface area contributed by atoms with E-state index in [0.29, 0.717) is 33.8 Å². The molecule has 23 heavy (non-hydrogen) atoms. The summed E-state index contributed by atoms with van der Waals surface area (Å²) in [5, 5.41) is 0. The maximum absolute atomic E-state index is 13.2. The maximum atomic E-state index is 13.2. The average Bonchev–Trinajstić information content (AvgIpc) is 3.00. The van der Waals surface area contributed by atoms with Crippen molar-refractivity contribution in [1.82, 2.24) is 0 Å². The molecule has 1 aliphatic heterocycles. The van der Waals surface area contributed by atoms with Crippen LogP contribution in [0.25, 0.3) is 11.1 Å². The van der Waals surface area contributed by atoms with Crippen LogP contribution in [0.3, 0.4) is 0 Å². The summed E-state index contributed by atoms with van der Waals surface area (Å²) < 4.78 is 50.1. The molecular weight excluding hydrogens is 307 g/mol. The lowest BCUT2D eigenvalue weighted by atomic mass is 9.93. The quantitative estimate of drug-likeness (QED) is 0.843. The molecule has 3 nitrogen and oxygen atoms in total. The molecule has 3 rings (SSSR count). The smallest absolute Gasteiger partial charge is 0.416 e. The van der Waals surface area contributed by atoms with Crippen molar-refractivity contribution in [2.24, 2.45) is 4.99 Å². The number of benzene rings is 2. The Bertz CT molecular complexity index is 782. The largest absolute Gasteiger partial charge is 0.493 e. The Hall–Kier alpha value is -2.50. The summed E-state index contributed by atoms with van der Waals surface area (Å²) in [7, 11) is 2.95. The van der Waals surface area contributed by atoms with Gasteiger partial charge < -0.3 is 9.47 Å². The second-order valence-corrected chi connectivity index (χ2v) is 5.11. The lowest BCUT2D eigenvalue weighted by Crippen LogP contribution is -2.07. The number of aliphatic imine (C=N–C) groups is 1. The highest BCUT2D eigenvalue weighted by molar-refractivity contribution is 5.96. The first-order valence-corrected chi connectivity index (χ1v) is 6.91. The number of methoxy groups -OCH3 is 2. The Balaban J connectivity index is 2.28. The molecule has 0 aromatic heterocycles. The van der Waals surface area contributed by atoms with Gasteiger partial charge in [-0.2, -0.15) is 13.2 Å². The number of hydrogen-bond acceptors (Lipinski definition) is 3. The van der Waals surface area contributed by atoms with Crippen molar-refractivity contribution in [1.29, 1.82) is 0 Å². The topological polar surface area (TPSA) is 30.8 Å². The fraction of sp³-hybridized carbons (Fsp3) is 0.235. The summed E-state index contributed by atoms with van der Waals surface area (Å²) >= 11 is 0. The van der Waals surface area contributed by atoms with Crippen LogP contribution < -0.4 is 9.47 Å². The highest BCUT2D eigenvalue weighted by Crippen LogP contribution is 2.43. The third kappa shape index (κ3) is 2.65. The molecule has 6 heteroatoms. The first kappa shape index (κ1) is 15.4. The number of alkyl halides is 3. The Labute approximate surface area is 131 Å². The molecule has 0 unspecified atom stereocenters. The molecule has 0 N–H and O–H groups in total. The second kappa shape index (κ2) is 5.61. The number of ether oxygens (including phenoxy) is 2. The van der Waals surface area contributed by atoms with Gasteiger partial charge in [0, 0.05) is 17.3 Å². The molecule has 2 aromatic carbocycles. The number of hydrogen-bond donors (Lipinski definition) is 0. The highest BCUT2D eigenvalue weighted by Gasteiger charge is 2.33. The third-order valence-electron chi connectivity index (χ3n) is 3.77. The standard InChI is InChI=1S/C17H14F3NO2/c1-22-15-5-3-4-12(16(15)23-2)13-7-11(17(18,19)20)6-10-8-21-9-14(10)13/h3-7,9H,8H2,1-2H3. The van der Waals surface area contributed by atoms with Gasteiger partial charge >= 0.3 is 6.18 Å². The zero-order chi connectivity index (χ0) is 16.6. The van der Waals surface area contributed by atoms with Gasteiger partial charge in [-0.15, -0.1) is 0 Å². The summed E-state index contributed by atoms with van der Waals surface area (Å²) in [6.45, 7) is 0.249. The van der Waals surface area contributed by atoms with Crippen LogP contribution in [0.15, 0.2) is 35.3 Å². The van der Waals surface area contributed by atoms with Gasteiger partial charge in [0.1, 0.15) is 0 Å². The van der Waals surface area contributed by atoms with Gasteiger partial charge in [-0.3, -0.25) is 4.99 Å². The third-order valence-corrected chi connectivity index (χ3v) is 3.77. The van der Waals surface area contributed by atoms with Crippen LogP contribution in [0.2, 0.25) is 0 Å². The first-order chi connectivity index (χ1) is 11.0. The predicted octanol–water partition coefficient (Wildman–Crippen LogP) is 4.32. The Morgan fingerprint density at radius 3 is 2.48 bits per heavy atom. The predicted molar refractivity (Wildman–Crippen MR) is 81.3 cm³/mol. The van der Waals surface area contributed by atoms with Crippen molar-refractivity contribution in [3.63, 3.8) is 0 Å². The molecule has 0 radical (unpaired) electrons. The van der Waals surface area contributed by atoms with Crippen LogP contribution in [-0.4, -0.2) is 20.4 Å². The molecule has 0 spiro atoms. The zero-order valence-corrected chi connectivity index (χ0v) is 12.6. The van der Waals surface area contributed by atoms with Gasteiger partial charge in [0.2, 0.25) is 0 Å². The van der Waals surface area contributed by atoms with Crippen LogP contribution in [0.1, 0.15) is 16.7 Å². The van der Waals surface area contributed by atoms with E-state index in [0.717, 1.165) is 12.1 Å². The first-order valence-electron chi connectivity index (χ1n) is 6.91. The average molecular weight is 321 g/mol. The van der Waals surface area contributed by atoms with E-state index in [1.807, 2.05) is 0 Å². The van der Waals surface area contributed by atoms with Gasteiger partial charge in [0.05, 0.1) is 26.3 Å². The molecule has 2 aromatic rings. The molecule has 0 saturated heterocycles. The second-order valence-electron chi connectivity index (χ2n) is 5.11. The number of fused-ring (bicyclic) bond motifs is 1. The molecule has 0 saturated carbocycles. The lowest BCUT2D eigenvalue weighted by Gasteiger charge is -2.17. The van der Waals surface area contributed by atoms with Crippen molar-refractivity contribution < 1.29 is 22.6 Å². The fourth-order valence-electron chi connectivity index (χ4n) is 2.72. The van der Waals surface area contributed by atoms with E-state index in [-0.39, 0.29) is 6.54 Å². The normalized spacial score (nSPS) is 13.1. The number of halogens is 3. The van der Waals surface area contributed by atoms with Crippen molar-refractivity contribution in [2.75, 3.05) is 14.2 Å². The van der Waals surface area contributed by atoms with E-state index < -0.39 is 11.7 Å². The number of para-hydroxylation sites is 1. The Kier molecular flexibility index (Phi) is 3.75. The molecule has 0 bridgehead atoms. The summed E-state index contributed by atoms with van der Waals surface area (Å²) in [6, 6.07) is 7.41. The van der Waals surface area contributed by atoms with Gasteiger partial charge in [0.15, 0.2) is 11.5 Å². The van der Waals surface area contributed by atoms with Crippen molar-refractivity contribution in [3.05, 3.63) is 47.0 Å². The van der Waals surface area contributed by atoms with E-state index in [2.05, 4.69) is 4.99 Å². The Morgan fingerprint density at radius 2 is 1.83 bits per heavy atom.